The van der Waals surface area contributed by atoms with Gasteiger partial charge in [-0.1, -0.05) is 11.6 Å². The van der Waals surface area contributed by atoms with Gasteiger partial charge in [-0.15, -0.1) is 0 Å². The summed E-state index contributed by atoms with van der Waals surface area (Å²) in [6, 6.07) is 4.67. The van der Waals surface area contributed by atoms with E-state index >= 15 is 0 Å². The van der Waals surface area contributed by atoms with Crippen molar-refractivity contribution in [2.75, 3.05) is 31.6 Å². The van der Waals surface area contributed by atoms with E-state index in [1.807, 2.05) is 0 Å². The molecule has 1 aromatic heterocycles. The molecule has 1 aromatic carbocycles. The monoisotopic (exact) mass is 386 g/mol. The van der Waals surface area contributed by atoms with Crippen molar-refractivity contribution in [1.29, 1.82) is 0 Å². The predicted molar refractivity (Wildman–Crippen MR) is 88.5 cm³/mol. The molecule has 3 rings (SSSR count). The van der Waals surface area contributed by atoms with Gasteiger partial charge in [0.05, 0.1) is 24.5 Å². The lowest BCUT2D eigenvalue weighted by Crippen LogP contribution is -2.41. The lowest BCUT2D eigenvalue weighted by atomic mass is 10.1. The highest BCUT2D eigenvalue weighted by Crippen LogP contribution is 2.37. The third-order valence-electron chi connectivity index (χ3n) is 3.73. The number of ether oxygens (including phenoxy) is 1. The summed E-state index contributed by atoms with van der Waals surface area (Å²) in [5.41, 5.74) is -1.05. The first kappa shape index (κ1) is 18.4. The number of nitrogens with one attached hydrogen (secondary N) is 1. The van der Waals surface area contributed by atoms with E-state index in [0.29, 0.717) is 26.3 Å². The van der Waals surface area contributed by atoms with Gasteiger partial charge >= 0.3 is 6.18 Å². The summed E-state index contributed by atoms with van der Waals surface area (Å²) < 4.78 is 44.7. The summed E-state index contributed by atoms with van der Waals surface area (Å²) in [6.45, 7) is 1.73. The van der Waals surface area contributed by atoms with Gasteiger partial charge in [-0.3, -0.25) is 4.79 Å². The van der Waals surface area contributed by atoms with Crippen LogP contribution in [-0.4, -0.2) is 47.1 Å². The van der Waals surface area contributed by atoms with Crippen molar-refractivity contribution in [2.24, 2.45) is 0 Å². The molecule has 0 unspecified atom stereocenters. The number of carbonyl (C=O) groups is 1. The van der Waals surface area contributed by atoms with Gasteiger partial charge in [0.25, 0.3) is 5.91 Å². The molecule has 1 amide bonds. The van der Waals surface area contributed by atoms with Gasteiger partial charge in [-0.25, -0.2) is 9.97 Å². The van der Waals surface area contributed by atoms with E-state index in [9.17, 15) is 18.0 Å². The summed E-state index contributed by atoms with van der Waals surface area (Å²) in [4.78, 5) is 21.8. The van der Waals surface area contributed by atoms with Gasteiger partial charge in [0.2, 0.25) is 0 Å². The van der Waals surface area contributed by atoms with Crippen LogP contribution in [0.2, 0.25) is 5.02 Å². The van der Waals surface area contributed by atoms with Crippen LogP contribution in [0.1, 0.15) is 16.1 Å². The predicted octanol–water partition coefficient (Wildman–Crippen LogP) is 3.36. The molecule has 0 spiro atoms. The lowest BCUT2D eigenvalue weighted by molar-refractivity contribution is -0.136. The molecule has 1 aliphatic rings. The van der Waals surface area contributed by atoms with Gasteiger partial charge in [-0.05, 0) is 18.2 Å². The molecule has 26 heavy (non-hydrogen) atoms. The second-order valence-corrected chi connectivity index (χ2v) is 5.94. The molecule has 1 aliphatic heterocycles. The van der Waals surface area contributed by atoms with Crippen LogP contribution in [-0.2, 0) is 10.9 Å². The van der Waals surface area contributed by atoms with Crippen LogP contribution in [0.3, 0.4) is 0 Å². The zero-order valence-corrected chi connectivity index (χ0v) is 14.1. The number of anilines is 2. The van der Waals surface area contributed by atoms with E-state index in [2.05, 4.69) is 15.3 Å². The number of alkyl halides is 3. The van der Waals surface area contributed by atoms with E-state index in [1.165, 1.54) is 18.2 Å². The number of aromatic nitrogens is 2. The molecule has 0 aliphatic carbocycles. The van der Waals surface area contributed by atoms with E-state index in [-0.39, 0.29) is 28.1 Å². The Morgan fingerprint density at radius 3 is 2.62 bits per heavy atom. The van der Waals surface area contributed by atoms with Gasteiger partial charge < -0.3 is 15.0 Å². The largest absolute Gasteiger partial charge is 0.418 e. The average Bonchev–Trinajstić information content (AvgIpc) is 2.63. The fraction of sp³-hybridized carbons (Fsp3) is 0.312. The lowest BCUT2D eigenvalue weighted by Gasteiger charge is -2.26. The molecule has 0 bridgehead atoms. The van der Waals surface area contributed by atoms with Crippen molar-refractivity contribution in [3.8, 4) is 0 Å². The van der Waals surface area contributed by atoms with Crippen molar-refractivity contribution >= 4 is 29.0 Å². The van der Waals surface area contributed by atoms with Crippen LogP contribution >= 0.6 is 11.6 Å². The van der Waals surface area contributed by atoms with Crippen LogP contribution in [0.5, 0.6) is 0 Å². The summed E-state index contributed by atoms with van der Waals surface area (Å²) in [5.74, 6) is -0.254. The average molecular weight is 387 g/mol. The van der Waals surface area contributed by atoms with Crippen molar-refractivity contribution in [3.63, 3.8) is 0 Å². The molecule has 0 atom stereocenters. The summed E-state index contributed by atoms with van der Waals surface area (Å²) in [5, 5.41) is 2.55. The van der Waals surface area contributed by atoms with Crippen molar-refractivity contribution in [3.05, 3.63) is 46.9 Å². The molecule has 138 valence electrons. The first-order chi connectivity index (χ1) is 12.3. The third kappa shape index (κ3) is 4.23. The number of hydrogen-bond donors (Lipinski definition) is 1. The number of nitrogens with zero attached hydrogens (tertiary/aromatic N) is 3. The third-order valence-corrected chi connectivity index (χ3v) is 3.97. The number of rotatable bonds is 3. The Labute approximate surface area is 151 Å². The van der Waals surface area contributed by atoms with Crippen LogP contribution in [0, 0.1) is 0 Å². The molecule has 0 radical (unpaired) electrons. The molecule has 1 N–H and O–H groups in total. The molecule has 0 saturated carbocycles. The van der Waals surface area contributed by atoms with Gasteiger partial charge in [0, 0.05) is 24.2 Å². The first-order valence-electron chi connectivity index (χ1n) is 7.67. The highest BCUT2D eigenvalue weighted by molar-refractivity contribution is 6.30. The van der Waals surface area contributed by atoms with Crippen molar-refractivity contribution in [2.45, 2.75) is 6.18 Å². The van der Waals surface area contributed by atoms with Crippen LogP contribution in [0.25, 0.3) is 0 Å². The summed E-state index contributed by atoms with van der Waals surface area (Å²) >= 11 is 5.66. The molecule has 10 heteroatoms. The molecular weight excluding hydrogens is 373 g/mol. The van der Waals surface area contributed by atoms with Crippen LogP contribution in [0.15, 0.2) is 30.6 Å². The fourth-order valence-electron chi connectivity index (χ4n) is 2.47. The van der Waals surface area contributed by atoms with Gasteiger partial charge in [0.15, 0.2) is 0 Å². The number of morpholine rings is 1. The normalized spacial score (nSPS) is 15.0. The number of halogens is 4. The van der Waals surface area contributed by atoms with Crippen molar-refractivity contribution < 1.29 is 22.7 Å². The minimum absolute atomic E-state index is 0.0336. The second kappa shape index (κ2) is 7.46. The number of hydrogen-bond acceptors (Lipinski definition) is 5. The highest BCUT2D eigenvalue weighted by Gasteiger charge is 2.34. The van der Waals surface area contributed by atoms with Gasteiger partial charge in [0.1, 0.15) is 17.8 Å². The fourth-order valence-corrected chi connectivity index (χ4v) is 2.64. The van der Waals surface area contributed by atoms with E-state index in [4.69, 9.17) is 16.3 Å². The SMILES string of the molecule is O=C(c1cc(Nc2ccc(Cl)cc2C(F)(F)F)ncn1)N1CCOCC1. The molecule has 2 aromatic rings. The molecule has 6 nitrogen and oxygen atoms in total. The Hall–Kier alpha value is -2.39. The van der Waals surface area contributed by atoms with Crippen LogP contribution in [0.4, 0.5) is 24.7 Å². The van der Waals surface area contributed by atoms with Crippen molar-refractivity contribution in [1.82, 2.24) is 14.9 Å². The summed E-state index contributed by atoms with van der Waals surface area (Å²) in [7, 11) is 0. The van der Waals surface area contributed by atoms with Crippen LogP contribution < -0.4 is 5.32 Å². The topological polar surface area (TPSA) is 67.4 Å². The Balaban J connectivity index is 1.84. The smallest absolute Gasteiger partial charge is 0.378 e. The Bertz CT molecular complexity index is 810. The minimum Gasteiger partial charge on any atom is -0.378 e. The number of benzene rings is 1. The van der Waals surface area contributed by atoms with Gasteiger partial charge in [-0.2, -0.15) is 13.2 Å². The van der Waals surface area contributed by atoms with E-state index in [1.54, 1.807) is 4.90 Å². The second-order valence-electron chi connectivity index (χ2n) is 5.51. The standard InChI is InChI=1S/C16H14ClF3N4O2/c17-10-1-2-12(11(7-10)16(18,19)20)23-14-8-13(21-9-22-14)15(25)24-3-5-26-6-4-24/h1-2,7-9H,3-6H2,(H,21,22,23). The maximum atomic E-state index is 13.2. The van der Waals surface area contributed by atoms with E-state index in [0.717, 1.165) is 12.4 Å². The quantitative estimate of drug-likeness (QED) is 0.876. The number of carbonyl (C=O) groups excluding carboxylic acids is 1. The zero-order valence-electron chi connectivity index (χ0n) is 13.4. The number of amides is 1. The zero-order chi connectivity index (χ0) is 18.7. The highest BCUT2D eigenvalue weighted by atomic mass is 35.5. The molecule has 2 heterocycles. The Morgan fingerprint density at radius 2 is 1.92 bits per heavy atom. The Morgan fingerprint density at radius 1 is 1.19 bits per heavy atom. The minimum atomic E-state index is -4.59. The molecule has 1 fully saturated rings. The maximum absolute atomic E-state index is 13.2. The first-order valence-corrected chi connectivity index (χ1v) is 8.05. The summed E-state index contributed by atoms with van der Waals surface area (Å²) in [6.07, 6.45) is -3.47. The van der Waals surface area contributed by atoms with E-state index < -0.39 is 11.7 Å². The Kier molecular flexibility index (Phi) is 5.28. The maximum Gasteiger partial charge on any atom is 0.418 e. The molecular formula is C16H14ClF3N4O2. The molecule has 1 saturated heterocycles.